The normalized spacial score (nSPS) is 20.6. The van der Waals surface area contributed by atoms with Crippen molar-refractivity contribution in [2.75, 3.05) is 24.5 Å². The molecule has 0 N–H and O–H groups in total. The minimum Gasteiger partial charge on any atom is -0.309 e. The van der Waals surface area contributed by atoms with Crippen LogP contribution in [0.5, 0.6) is 0 Å². The summed E-state index contributed by atoms with van der Waals surface area (Å²) < 4.78 is 14.8. The van der Waals surface area contributed by atoms with Gasteiger partial charge in [-0.15, -0.1) is 0 Å². The fourth-order valence-corrected chi connectivity index (χ4v) is 4.07. The number of carbonyl (C=O) groups is 1. The molecule has 0 radical (unpaired) electrons. The number of benzene rings is 1. The zero-order chi connectivity index (χ0) is 17.4. The molecular weight excluding hydrogens is 319 g/mol. The van der Waals surface area contributed by atoms with E-state index in [0.29, 0.717) is 0 Å². The van der Waals surface area contributed by atoms with Crippen molar-refractivity contribution in [2.24, 2.45) is 12.5 Å². The topological polar surface area (TPSA) is 41.4 Å². The van der Waals surface area contributed by atoms with Crippen LogP contribution in [-0.2, 0) is 18.4 Å². The van der Waals surface area contributed by atoms with Gasteiger partial charge in [-0.1, -0.05) is 12.1 Å². The van der Waals surface area contributed by atoms with E-state index in [4.69, 9.17) is 0 Å². The lowest BCUT2D eigenvalue weighted by Gasteiger charge is -2.37. The fraction of sp³-hybridized carbons (Fsp3) is 0.474. The van der Waals surface area contributed by atoms with Gasteiger partial charge in [-0.2, -0.15) is 5.10 Å². The Morgan fingerprint density at radius 1 is 1.12 bits per heavy atom. The molecule has 4 rings (SSSR count). The third-order valence-electron chi connectivity index (χ3n) is 5.65. The molecule has 132 valence electrons. The van der Waals surface area contributed by atoms with Crippen molar-refractivity contribution in [1.29, 1.82) is 0 Å². The van der Waals surface area contributed by atoms with Crippen molar-refractivity contribution in [3.63, 3.8) is 0 Å². The van der Waals surface area contributed by atoms with Gasteiger partial charge in [0, 0.05) is 26.3 Å². The van der Waals surface area contributed by atoms with E-state index in [9.17, 15) is 9.18 Å². The predicted molar refractivity (Wildman–Crippen MR) is 93.5 cm³/mol. The average Bonchev–Trinajstić information content (AvgIpc) is 3.17. The van der Waals surface area contributed by atoms with Crippen molar-refractivity contribution in [3.8, 4) is 0 Å². The van der Waals surface area contributed by atoms with Gasteiger partial charge in [0.2, 0.25) is 5.91 Å². The number of anilines is 1. The van der Waals surface area contributed by atoms with E-state index in [2.05, 4.69) is 10.00 Å². The lowest BCUT2D eigenvalue weighted by Crippen LogP contribution is -2.44. The summed E-state index contributed by atoms with van der Waals surface area (Å²) in [5.41, 5.74) is 1.81. The molecule has 0 atom stereocenters. The highest BCUT2D eigenvalue weighted by atomic mass is 19.1. The number of piperidine rings is 1. The molecule has 2 aliphatic rings. The van der Waals surface area contributed by atoms with E-state index in [1.54, 1.807) is 10.9 Å². The smallest absolute Gasteiger partial charge is 0.233 e. The molecule has 1 amide bonds. The Morgan fingerprint density at radius 2 is 1.80 bits per heavy atom. The second-order valence-electron chi connectivity index (χ2n) is 7.26. The SMILES string of the molecule is Cn1cc(N2CCC3(CCN(Cc4ccc(F)cc4)CC3)C2=O)cn1. The average molecular weight is 342 g/mol. The first-order chi connectivity index (χ1) is 12.1. The van der Waals surface area contributed by atoms with E-state index in [1.165, 1.54) is 12.1 Å². The number of rotatable bonds is 3. The van der Waals surface area contributed by atoms with Crippen LogP contribution in [0.15, 0.2) is 36.7 Å². The Morgan fingerprint density at radius 3 is 2.44 bits per heavy atom. The Hall–Kier alpha value is -2.21. The van der Waals surface area contributed by atoms with E-state index < -0.39 is 0 Å². The minimum atomic E-state index is -0.213. The third kappa shape index (κ3) is 3.06. The number of nitrogens with zero attached hydrogens (tertiary/aromatic N) is 4. The molecule has 3 heterocycles. The Kier molecular flexibility index (Phi) is 4.07. The number of likely N-dealkylation sites (tertiary alicyclic amines) is 1. The van der Waals surface area contributed by atoms with Gasteiger partial charge in [0.25, 0.3) is 0 Å². The van der Waals surface area contributed by atoms with Gasteiger partial charge in [0.1, 0.15) is 5.82 Å². The van der Waals surface area contributed by atoms with Crippen LogP contribution in [0.25, 0.3) is 0 Å². The zero-order valence-electron chi connectivity index (χ0n) is 14.5. The lowest BCUT2D eigenvalue weighted by molar-refractivity contribution is -0.128. The molecule has 1 aromatic heterocycles. The first kappa shape index (κ1) is 16.3. The van der Waals surface area contributed by atoms with E-state index in [-0.39, 0.29) is 17.1 Å². The number of hydrogen-bond acceptors (Lipinski definition) is 3. The summed E-state index contributed by atoms with van der Waals surface area (Å²) in [6.45, 7) is 3.41. The molecule has 0 saturated carbocycles. The summed E-state index contributed by atoms with van der Waals surface area (Å²) in [5, 5.41) is 4.18. The quantitative estimate of drug-likeness (QED) is 0.861. The van der Waals surface area contributed by atoms with Crippen LogP contribution in [-0.4, -0.2) is 40.2 Å². The number of carbonyl (C=O) groups excluding carboxylic acids is 1. The minimum absolute atomic E-state index is 0.201. The highest BCUT2D eigenvalue weighted by Crippen LogP contribution is 2.43. The van der Waals surface area contributed by atoms with Crippen LogP contribution in [0.2, 0.25) is 0 Å². The number of hydrogen-bond donors (Lipinski definition) is 0. The molecule has 6 heteroatoms. The molecule has 5 nitrogen and oxygen atoms in total. The van der Waals surface area contributed by atoms with Gasteiger partial charge in [0.15, 0.2) is 0 Å². The second-order valence-corrected chi connectivity index (χ2v) is 7.26. The number of aryl methyl sites for hydroxylation is 1. The molecule has 0 bridgehead atoms. The largest absolute Gasteiger partial charge is 0.309 e. The molecule has 2 fully saturated rings. The summed E-state index contributed by atoms with van der Waals surface area (Å²) in [5.74, 6) is 0.0512. The van der Waals surface area contributed by atoms with Crippen LogP contribution in [0.1, 0.15) is 24.8 Å². The first-order valence-corrected chi connectivity index (χ1v) is 8.83. The summed E-state index contributed by atoms with van der Waals surface area (Å²) in [6, 6.07) is 6.69. The highest BCUT2D eigenvalue weighted by Gasteiger charge is 2.48. The Balaban J connectivity index is 1.39. The fourth-order valence-electron chi connectivity index (χ4n) is 4.07. The van der Waals surface area contributed by atoms with Gasteiger partial charge in [-0.05, 0) is 50.0 Å². The third-order valence-corrected chi connectivity index (χ3v) is 5.65. The van der Waals surface area contributed by atoms with Crippen LogP contribution >= 0.6 is 0 Å². The summed E-state index contributed by atoms with van der Waals surface area (Å²) >= 11 is 0. The molecule has 2 saturated heterocycles. The lowest BCUT2D eigenvalue weighted by atomic mass is 9.77. The van der Waals surface area contributed by atoms with Gasteiger partial charge in [-0.3, -0.25) is 14.4 Å². The maximum Gasteiger partial charge on any atom is 0.233 e. The molecule has 0 aliphatic carbocycles. The summed E-state index contributed by atoms with van der Waals surface area (Å²) in [6.07, 6.45) is 6.37. The molecule has 0 unspecified atom stereocenters. The van der Waals surface area contributed by atoms with Crippen molar-refractivity contribution in [2.45, 2.75) is 25.8 Å². The van der Waals surface area contributed by atoms with Crippen molar-refractivity contribution in [1.82, 2.24) is 14.7 Å². The van der Waals surface area contributed by atoms with Crippen molar-refractivity contribution >= 4 is 11.6 Å². The number of aromatic nitrogens is 2. The predicted octanol–water partition coefficient (Wildman–Crippen LogP) is 2.58. The second kappa shape index (κ2) is 6.26. The van der Waals surface area contributed by atoms with Gasteiger partial charge >= 0.3 is 0 Å². The van der Waals surface area contributed by atoms with Gasteiger partial charge in [0.05, 0.1) is 17.3 Å². The summed E-state index contributed by atoms with van der Waals surface area (Å²) in [4.78, 5) is 17.3. The van der Waals surface area contributed by atoms with Crippen molar-refractivity contribution < 1.29 is 9.18 Å². The van der Waals surface area contributed by atoms with Crippen LogP contribution in [0, 0.1) is 11.2 Å². The molecule has 1 spiro atoms. The van der Waals surface area contributed by atoms with E-state index in [0.717, 1.165) is 56.7 Å². The zero-order valence-corrected chi connectivity index (χ0v) is 14.5. The molecule has 1 aromatic carbocycles. The maximum absolute atomic E-state index is 13.0. The molecular formula is C19H23FN4O. The number of halogens is 1. The van der Waals surface area contributed by atoms with Gasteiger partial charge in [-0.25, -0.2) is 4.39 Å². The standard InChI is InChI=1S/C19H23FN4O/c1-22-14-17(12-21-22)24-11-8-19(18(24)25)6-9-23(10-7-19)13-15-2-4-16(20)5-3-15/h2-5,12,14H,6-11,13H2,1H3. The Labute approximate surface area is 147 Å². The van der Waals surface area contributed by atoms with E-state index in [1.807, 2.05) is 30.3 Å². The molecule has 2 aliphatic heterocycles. The van der Waals surface area contributed by atoms with E-state index >= 15 is 0 Å². The highest BCUT2D eigenvalue weighted by molar-refractivity contribution is 5.99. The maximum atomic E-state index is 13.0. The van der Waals surface area contributed by atoms with Gasteiger partial charge < -0.3 is 4.90 Å². The van der Waals surface area contributed by atoms with Crippen LogP contribution < -0.4 is 4.90 Å². The number of amides is 1. The molecule has 2 aromatic rings. The van der Waals surface area contributed by atoms with Crippen LogP contribution in [0.4, 0.5) is 10.1 Å². The monoisotopic (exact) mass is 342 g/mol. The van der Waals surface area contributed by atoms with Crippen molar-refractivity contribution in [3.05, 3.63) is 48.0 Å². The first-order valence-electron chi connectivity index (χ1n) is 8.83. The Bertz CT molecular complexity index is 762. The summed E-state index contributed by atoms with van der Waals surface area (Å²) in [7, 11) is 1.87. The van der Waals surface area contributed by atoms with Crippen LogP contribution in [0.3, 0.4) is 0 Å². The molecule has 25 heavy (non-hydrogen) atoms.